The second kappa shape index (κ2) is 36.4. The Labute approximate surface area is 642 Å². The Morgan fingerprint density at radius 1 is 0.436 bits per heavy atom. The van der Waals surface area contributed by atoms with E-state index in [1.807, 2.05) is 145 Å². The van der Waals surface area contributed by atoms with Crippen molar-refractivity contribution >= 4 is 66.1 Å². The van der Waals surface area contributed by atoms with Crippen LogP contribution in [0.2, 0.25) is 0 Å². The molecule has 29 heteroatoms. The first-order chi connectivity index (χ1) is 52.0. The lowest BCUT2D eigenvalue weighted by molar-refractivity contribution is -0.0362. The van der Waals surface area contributed by atoms with E-state index in [2.05, 4.69) is 60.7 Å². The summed E-state index contributed by atoms with van der Waals surface area (Å²) in [6, 6.07) is 62.5. The summed E-state index contributed by atoms with van der Waals surface area (Å²) >= 11 is 1.82. The van der Waals surface area contributed by atoms with Crippen molar-refractivity contribution in [2.45, 2.75) is 167 Å². The summed E-state index contributed by atoms with van der Waals surface area (Å²) in [7, 11) is -12.0. The van der Waals surface area contributed by atoms with Gasteiger partial charge >= 0.3 is 12.3 Å². The van der Waals surface area contributed by atoms with Crippen LogP contribution in [0.25, 0.3) is 0 Å². The summed E-state index contributed by atoms with van der Waals surface area (Å²) in [5.41, 5.74) is 1.84. The maximum Gasteiger partial charge on any atom is 0.514 e. The minimum absolute atomic E-state index is 0.187. The highest BCUT2D eigenvalue weighted by molar-refractivity contribution is 8.04. The van der Waals surface area contributed by atoms with Gasteiger partial charge in [-0.2, -0.15) is 17.6 Å². The lowest BCUT2D eigenvalue weighted by Crippen LogP contribution is -2.25. The first-order valence-corrected chi connectivity index (χ1v) is 39.9. The van der Waals surface area contributed by atoms with Gasteiger partial charge in [-0.25, -0.2) is 44.0 Å². The van der Waals surface area contributed by atoms with Crippen molar-refractivity contribution in [3.63, 3.8) is 0 Å². The van der Waals surface area contributed by atoms with Crippen molar-refractivity contribution in [1.82, 2.24) is 0 Å². The number of benzene rings is 10. The molecule has 580 valence electrons. The Balaban J connectivity index is 0.000000169. The number of hydrogen-bond donors (Lipinski definition) is 0. The van der Waals surface area contributed by atoms with E-state index in [0.29, 0.717) is 34.5 Å². The molecule has 0 saturated carbocycles. The van der Waals surface area contributed by atoms with Crippen molar-refractivity contribution in [1.29, 1.82) is 0 Å². The molecule has 10 aromatic carbocycles. The van der Waals surface area contributed by atoms with Crippen molar-refractivity contribution in [2.75, 3.05) is 6.79 Å². The molecule has 0 bridgehead atoms. The second-order valence-corrected chi connectivity index (χ2v) is 34.0. The lowest BCUT2D eigenvalue weighted by atomic mass is 9.98. The van der Waals surface area contributed by atoms with Gasteiger partial charge in [0.1, 0.15) is 87.7 Å². The van der Waals surface area contributed by atoms with Crippen molar-refractivity contribution in [3.05, 3.63) is 263 Å². The van der Waals surface area contributed by atoms with Crippen molar-refractivity contribution in [2.24, 2.45) is 0 Å². The molecule has 2 aliphatic rings. The number of rotatable bonds is 18. The predicted octanol–water partition coefficient (Wildman–Crippen LogP) is 21.2. The molecular weight excluding hydrogens is 1540 g/mol. The average molecular weight is 1620 g/mol. The maximum atomic E-state index is 13.8. The lowest BCUT2D eigenvalue weighted by Gasteiger charge is -2.20. The van der Waals surface area contributed by atoms with Crippen LogP contribution in [0.3, 0.4) is 0 Å². The molecule has 0 saturated heterocycles. The van der Waals surface area contributed by atoms with Crippen molar-refractivity contribution < 1.29 is 109 Å². The molecule has 12 rings (SSSR count). The summed E-state index contributed by atoms with van der Waals surface area (Å²) in [6.07, 6.45) is 0.392. The topological polar surface area (TPSA) is 222 Å². The van der Waals surface area contributed by atoms with E-state index in [0.717, 1.165) is 50.2 Å². The van der Waals surface area contributed by atoms with Gasteiger partial charge in [0.15, 0.2) is 65.8 Å². The molecule has 2 atom stereocenters. The molecule has 0 spiro atoms. The van der Waals surface area contributed by atoms with E-state index >= 15 is 0 Å². The van der Waals surface area contributed by atoms with E-state index in [-0.39, 0.29) is 28.6 Å². The SMILES string of the molecule is CC(C)(C)OC(=O)OCOc1ccc([S+]2c3ccccc3Oc3ccccc32)cc1.CC(C)(C)OC(=O)Oc1ccc([S+]2c3ccccc3Sc3ccccc32)cc1.CCC(C)c1ccc(COc2c(F)c(F)c(S(=O)(=O)[O-])c(F)c2F)cc1.CCC(C)c1ccc(COc2c(F)c(F)c(S(=O)(=O)[O-])c(F)c2F)cc1. The molecule has 0 fully saturated rings. The molecule has 0 amide bonds. The highest BCUT2D eigenvalue weighted by Crippen LogP contribution is 2.50. The average Bonchev–Trinajstić information content (AvgIpc) is 0.778. The smallest absolute Gasteiger partial charge is 0.514 e. The molecule has 2 unspecified atom stereocenters. The molecule has 110 heavy (non-hydrogen) atoms. The summed E-state index contributed by atoms with van der Waals surface area (Å²) in [6.45, 7) is 17.8. The van der Waals surface area contributed by atoms with Gasteiger partial charge in [0.25, 0.3) is 0 Å². The predicted molar refractivity (Wildman–Crippen MR) is 394 cm³/mol. The molecular formula is C81H74F8O16S5. The minimum atomic E-state index is -5.74. The Morgan fingerprint density at radius 3 is 1.14 bits per heavy atom. The minimum Gasteiger partial charge on any atom is -0.744 e. The van der Waals surface area contributed by atoms with Gasteiger partial charge in [0, 0.05) is 0 Å². The van der Waals surface area contributed by atoms with Crippen LogP contribution in [0, 0.1) is 46.5 Å². The first-order valence-electron chi connectivity index (χ1n) is 33.8. The zero-order valence-electron chi connectivity index (χ0n) is 60.8. The highest BCUT2D eigenvalue weighted by Gasteiger charge is 2.41. The second-order valence-electron chi connectivity index (χ2n) is 26.4. The number of para-hydroxylation sites is 2. The van der Waals surface area contributed by atoms with E-state index < -0.39 is 125 Å². The highest BCUT2D eigenvalue weighted by atomic mass is 32.2. The quantitative estimate of drug-likeness (QED) is 0.0148. The third-order valence-electron chi connectivity index (χ3n) is 16.2. The Kier molecular flexibility index (Phi) is 27.9. The molecule has 2 aliphatic heterocycles. The normalized spacial score (nSPS) is 13.0. The number of fused-ring (bicyclic) bond motifs is 4. The van der Waals surface area contributed by atoms with Crippen LogP contribution in [0.5, 0.6) is 34.5 Å². The molecule has 0 aromatic heterocycles. The summed E-state index contributed by atoms with van der Waals surface area (Å²) < 4.78 is 216. The zero-order valence-corrected chi connectivity index (χ0v) is 64.8. The molecule has 10 aromatic rings. The van der Waals surface area contributed by atoms with Gasteiger partial charge in [-0.05, 0) is 186 Å². The number of ether oxygens (including phenoxy) is 8. The number of carbonyl (C=O) groups excluding carboxylic acids is 2. The summed E-state index contributed by atoms with van der Waals surface area (Å²) in [5.74, 6) is -17.0. The van der Waals surface area contributed by atoms with Gasteiger partial charge < -0.3 is 47.0 Å². The fourth-order valence-corrected chi connectivity index (χ4v) is 17.6. The van der Waals surface area contributed by atoms with Crippen molar-refractivity contribution in [3.8, 4) is 34.5 Å². The van der Waals surface area contributed by atoms with E-state index in [1.165, 1.54) is 24.5 Å². The standard InChI is InChI=1S/C24H23O5S.C23H21O3S2.2C17H16F4O4S/c1-24(2,3)29-23(25)27-16-26-17-12-14-18(15-13-17)30-21-10-6-4-8-19(21)28-20-9-5-7-11-22(20)30;1-23(2,3)26-22(24)25-16-12-14-17(15-13-16)28-20-10-6-4-8-18(20)27-19-9-5-7-11-21(19)28;2*1-3-9(2)11-6-4-10(5-7-11)8-25-16-12(18)14(20)17(26(22,23)24)15(21)13(16)19/h4-15H,16H2,1-3H3;4-15H,1-3H3;2*4-7,9H,3,8H2,1-2H3,(H,22,23,24)/q2*+1;;/p-2. The summed E-state index contributed by atoms with van der Waals surface area (Å²) in [4.78, 5) is 29.0. The maximum absolute atomic E-state index is 13.8. The molecule has 2 heterocycles. The largest absolute Gasteiger partial charge is 0.744 e. The summed E-state index contributed by atoms with van der Waals surface area (Å²) in [5, 5.41) is 0. The third kappa shape index (κ3) is 21.4. The van der Waals surface area contributed by atoms with Gasteiger partial charge in [0.05, 0.1) is 9.79 Å². The van der Waals surface area contributed by atoms with E-state index in [1.54, 1.807) is 69.3 Å². The van der Waals surface area contributed by atoms with E-state index in [4.69, 9.17) is 37.9 Å². The Bertz CT molecular complexity index is 4860. The molecule has 0 N–H and O–H groups in total. The number of halogens is 8. The van der Waals surface area contributed by atoms with Gasteiger partial charge in [-0.15, -0.1) is 0 Å². The van der Waals surface area contributed by atoms with Gasteiger partial charge in [0.2, 0.25) is 39.9 Å². The third-order valence-corrected chi connectivity index (χ3v) is 23.9. The number of hydrogen-bond acceptors (Lipinski definition) is 17. The van der Waals surface area contributed by atoms with Crippen LogP contribution >= 0.6 is 11.8 Å². The monoisotopic (exact) mass is 1610 g/mol. The van der Waals surface area contributed by atoms with E-state index in [9.17, 15) is 70.7 Å². The van der Waals surface area contributed by atoms with Crippen LogP contribution in [0.1, 0.15) is 116 Å². The Morgan fingerprint density at radius 2 is 0.773 bits per heavy atom. The van der Waals surface area contributed by atoms with Gasteiger partial charge in [-0.1, -0.05) is 137 Å². The van der Waals surface area contributed by atoms with Crippen LogP contribution in [0.4, 0.5) is 44.7 Å². The Hall–Kier alpha value is -9.75. The van der Waals surface area contributed by atoms with Gasteiger partial charge in [-0.3, -0.25) is 0 Å². The first kappa shape index (κ1) is 84.3. The van der Waals surface area contributed by atoms with Crippen LogP contribution in [-0.4, -0.2) is 56.2 Å². The zero-order chi connectivity index (χ0) is 80.2. The van der Waals surface area contributed by atoms with Crippen LogP contribution in [-0.2, 0) is 69.5 Å². The van der Waals surface area contributed by atoms with Crippen LogP contribution < -0.4 is 23.7 Å². The number of carbonyl (C=O) groups is 2. The molecule has 0 aliphatic carbocycles. The fourth-order valence-electron chi connectivity index (χ4n) is 10.4. The fraction of sp³-hybridized carbons (Fsp3) is 0.235. The molecule has 16 nitrogen and oxygen atoms in total. The molecule has 0 radical (unpaired) electrons. The van der Waals surface area contributed by atoms with Crippen LogP contribution in [0.15, 0.2) is 243 Å².